The zero-order valence-electron chi connectivity index (χ0n) is 13.8. The Morgan fingerprint density at radius 1 is 1.18 bits per heavy atom. The van der Waals surface area contributed by atoms with Crippen LogP contribution in [0.3, 0.4) is 0 Å². The highest BCUT2D eigenvalue weighted by Crippen LogP contribution is 2.22. The molecule has 0 saturated carbocycles. The van der Waals surface area contributed by atoms with E-state index in [1.807, 2.05) is 6.92 Å². The molecule has 2 aliphatic rings. The van der Waals surface area contributed by atoms with E-state index in [1.54, 1.807) is 0 Å². The minimum absolute atomic E-state index is 0.111. The first-order chi connectivity index (χ1) is 10.5. The number of hydrogen-bond acceptors (Lipinski definition) is 4. The first-order valence-corrected chi connectivity index (χ1v) is 10.1. The van der Waals surface area contributed by atoms with Gasteiger partial charge in [0.15, 0.2) is 0 Å². The van der Waals surface area contributed by atoms with Crippen LogP contribution in [0.1, 0.15) is 46.0 Å². The van der Waals surface area contributed by atoms with Gasteiger partial charge < -0.3 is 10.2 Å². The van der Waals surface area contributed by atoms with Crippen LogP contribution in [-0.4, -0.2) is 67.5 Å². The van der Waals surface area contributed by atoms with Crippen molar-refractivity contribution in [3.63, 3.8) is 0 Å². The third-order valence-corrected chi connectivity index (χ3v) is 6.70. The van der Waals surface area contributed by atoms with E-state index in [0.717, 1.165) is 38.9 Å². The third-order valence-electron chi connectivity index (χ3n) is 4.62. The average molecular weight is 331 g/mol. The molecule has 0 radical (unpaired) electrons. The number of likely N-dealkylation sites (N-methyl/N-ethyl adjacent to an activating group) is 1. The van der Waals surface area contributed by atoms with Crippen LogP contribution >= 0.6 is 0 Å². The molecule has 1 N–H and O–H groups in total. The van der Waals surface area contributed by atoms with E-state index in [0.29, 0.717) is 19.4 Å². The van der Waals surface area contributed by atoms with Gasteiger partial charge >= 0.3 is 0 Å². The number of likely N-dealkylation sites (tertiary alicyclic amines) is 1. The summed E-state index contributed by atoms with van der Waals surface area (Å²) < 4.78 is 26.0. The van der Waals surface area contributed by atoms with Gasteiger partial charge in [-0.3, -0.25) is 4.79 Å². The lowest BCUT2D eigenvalue weighted by Gasteiger charge is -2.33. The number of piperidine rings is 1. The van der Waals surface area contributed by atoms with E-state index < -0.39 is 16.1 Å². The maximum absolute atomic E-state index is 12.5. The van der Waals surface area contributed by atoms with Crippen LogP contribution in [0, 0.1) is 0 Å². The lowest BCUT2D eigenvalue weighted by molar-refractivity contribution is -0.125. The van der Waals surface area contributed by atoms with E-state index >= 15 is 0 Å². The van der Waals surface area contributed by atoms with Crippen molar-refractivity contribution in [3.05, 3.63) is 0 Å². The maximum atomic E-state index is 12.5. The lowest BCUT2D eigenvalue weighted by Crippen LogP contribution is -2.53. The molecule has 1 amide bonds. The second kappa shape index (κ2) is 7.75. The van der Waals surface area contributed by atoms with Crippen LogP contribution in [-0.2, 0) is 14.8 Å². The van der Waals surface area contributed by atoms with E-state index in [-0.39, 0.29) is 17.7 Å². The summed E-state index contributed by atoms with van der Waals surface area (Å²) in [7, 11) is -3.30. The Labute approximate surface area is 134 Å². The summed E-state index contributed by atoms with van der Waals surface area (Å²) in [5.41, 5.74) is 0. The van der Waals surface area contributed by atoms with Crippen LogP contribution < -0.4 is 5.32 Å². The molecule has 2 heterocycles. The van der Waals surface area contributed by atoms with Crippen molar-refractivity contribution in [2.24, 2.45) is 0 Å². The van der Waals surface area contributed by atoms with Gasteiger partial charge in [0.1, 0.15) is 6.04 Å². The molecule has 2 aliphatic heterocycles. The average Bonchev–Trinajstić information content (AvgIpc) is 2.98. The normalized spacial score (nSPS) is 27.9. The first-order valence-electron chi connectivity index (χ1n) is 8.50. The molecule has 2 unspecified atom stereocenters. The van der Waals surface area contributed by atoms with E-state index in [1.165, 1.54) is 4.31 Å². The Bertz CT molecular complexity index is 480. The number of nitrogens with zero attached hydrogens (tertiary/aromatic N) is 2. The van der Waals surface area contributed by atoms with Crippen LogP contribution in [0.5, 0.6) is 0 Å². The minimum atomic E-state index is -3.30. The molecule has 2 fully saturated rings. The van der Waals surface area contributed by atoms with E-state index in [9.17, 15) is 13.2 Å². The lowest BCUT2D eigenvalue weighted by atomic mass is 10.1. The number of amides is 1. The van der Waals surface area contributed by atoms with Gasteiger partial charge in [-0.15, -0.1) is 0 Å². The fourth-order valence-corrected chi connectivity index (χ4v) is 5.21. The molecule has 0 aromatic rings. The number of nitrogens with one attached hydrogen (secondary N) is 1. The number of sulfonamides is 1. The van der Waals surface area contributed by atoms with Gasteiger partial charge in [0.25, 0.3) is 0 Å². The molecular formula is C15H29N3O3S. The second-order valence-corrected chi connectivity index (χ2v) is 8.37. The van der Waals surface area contributed by atoms with Gasteiger partial charge in [0, 0.05) is 19.1 Å². The molecule has 128 valence electrons. The molecule has 7 heteroatoms. The second-order valence-electron chi connectivity index (χ2n) is 6.33. The maximum Gasteiger partial charge on any atom is 0.238 e. The molecular weight excluding hydrogens is 302 g/mol. The molecule has 0 aromatic heterocycles. The summed E-state index contributed by atoms with van der Waals surface area (Å²) in [6.07, 6.45) is 4.06. The summed E-state index contributed by atoms with van der Waals surface area (Å²) in [5.74, 6) is 0.0178. The summed E-state index contributed by atoms with van der Waals surface area (Å²) in [5, 5.41) is 3.08. The van der Waals surface area contributed by atoms with Gasteiger partial charge in [0.2, 0.25) is 15.9 Å². The number of carbonyl (C=O) groups excluding carboxylic acids is 1. The quantitative estimate of drug-likeness (QED) is 0.781. The zero-order chi connectivity index (χ0) is 16.2. The van der Waals surface area contributed by atoms with Crippen molar-refractivity contribution < 1.29 is 13.2 Å². The van der Waals surface area contributed by atoms with Crippen LogP contribution in [0.25, 0.3) is 0 Å². The first kappa shape index (κ1) is 17.7. The van der Waals surface area contributed by atoms with Gasteiger partial charge in [-0.25, -0.2) is 8.42 Å². The fraction of sp³-hybridized carbons (Fsp3) is 0.933. The summed E-state index contributed by atoms with van der Waals surface area (Å²) in [6.45, 7) is 7.41. The number of hydrogen-bond donors (Lipinski definition) is 1. The number of rotatable bonds is 6. The van der Waals surface area contributed by atoms with Crippen LogP contribution in [0.4, 0.5) is 0 Å². The van der Waals surface area contributed by atoms with Crippen molar-refractivity contribution >= 4 is 15.9 Å². The minimum Gasteiger partial charge on any atom is -0.351 e. The third kappa shape index (κ3) is 4.20. The Morgan fingerprint density at radius 2 is 1.91 bits per heavy atom. The summed E-state index contributed by atoms with van der Waals surface area (Å²) in [6, 6.07) is -0.355. The highest BCUT2D eigenvalue weighted by Gasteiger charge is 2.38. The predicted octanol–water partition coefficient (Wildman–Crippen LogP) is 0.791. The van der Waals surface area contributed by atoms with Crippen molar-refractivity contribution in [2.45, 2.75) is 58.0 Å². The molecule has 2 saturated heterocycles. The Balaban J connectivity index is 1.96. The van der Waals surface area contributed by atoms with Crippen molar-refractivity contribution in [1.29, 1.82) is 0 Å². The molecule has 2 rings (SSSR count). The van der Waals surface area contributed by atoms with Crippen molar-refractivity contribution in [3.8, 4) is 0 Å². The monoisotopic (exact) mass is 331 g/mol. The van der Waals surface area contributed by atoms with Gasteiger partial charge in [-0.05, 0) is 45.2 Å². The Hall–Kier alpha value is -0.660. The fourth-order valence-electron chi connectivity index (χ4n) is 3.47. The van der Waals surface area contributed by atoms with E-state index in [2.05, 4.69) is 17.1 Å². The molecule has 0 aromatic carbocycles. The summed E-state index contributed by atoms with van der Waals surface area (Å²) in [4.78, 5) is 14.9. The Kier molecular flexibility index (Phi) is 6.23. The highest BCUT2D eigenvalue weighted by atomic mass is 32.2. The van der Waals surface area contributed by atoms with Gasteiger partial charge in [0.05, 0.1) is 5.75 Å². The molecule has 6 nitrogen and oxygen atoms in total. The number of carbonyl (C=O) groups is 1. The predicted molar refractivity (Wildman–Crippen MR) is 87.1 cm³/mol. The van der Waals surface area contributed by atoms with E-state index in [4.69, 9.17) is 0 Å². The van der Waals surface area contributed by atoms with Gasteiger partial charge in [-0.2, -0.15) is 4.31 Å². The molecule has 0 bridgehead atoms. The zero-order valence-corrected chi connectivity index (χ0v) is 14.6. The highest BCUT2D eigenvalue weighted by molar-refractivity contribution is 7.89. The SMILES string of the molecule is CCCS(=O)(=O)N1CCCC1C(=O)NC1CCCN(CC)C1. The summed E-state index contributed by atoms with van der Waals surface area (Å²) >= 11 is 0. The largest absolute Gasteiger partial charge is 0.351 e. The van der Waals surface area contributed by atoms with Crippen molar-refractivity contribution in [1.82, 2.24) is 14.5 Å². The molecule has 22 heavy (non-hydrogen) atoms. The molecule has 0 aliphatic carbocycles. The Morgan fingerprint density at radius 3 is 2.59 bits per heavy atom. The van der Waals surface area contributed by atoms with Crippen molar-refractivity contribution in [2.75, 3.05) is 31.9 Å². The van der Waals surface area contributed by atoms with Gasteiger partial charge in [-0.1, -0.05) is 13.8 Å². The smallest absolute Gasteiger partial charge is 0.238 e. The topological polar surface area (TPSA) is 69.7 Å². The molecule has 0 spiro atoms. The van der Waals surface area contributed by atoms with Crippen LogP contribution in [0.2, 0.25) is 0 Å². The standard InChI is InChI=1S/C15H29N3O3S/c1-3-11-22(20,21)18-10-6-8-14(18)15(19)16-13-7-5-9-17(4-2)12-13/h13-14H,3-12H2,1-2H3,(H,16,19). The van der Waals surface area contributed by atoms with Crippen LogP contribution in [0.15, 0.2) is 0 Å². The molecule has 2 atom stereocenters.